The summed E-state index contributed by atoms with van der Waals surface area (Å²) >= 11 is 0. The quantitative estimate of drug-likeness (QED) is 0.813. The molecule has 3 nitrogen and oxygen atoms in total. The van der Waals surface area contributed by atoms with E-state index in [2.05, 4.69) is 26.0 Å². The van der Waals surface area contributed by atoms with E-state index in [1.54, 1.807) is 7.11 Å². The van der Waals surface area contributed by atoms with Crippen molar-refractivity contribution in [2.45, 2.75) is 45.1 Å². The summed E-state index contributed by atoms with van der Waals surface area (Å²) in [6.45, 7) is 5.80. The Hall–Kier alpha value is -1.06. The number of hydrogen-bond acceptors (Lipinski definition) is 3. The van der Waals surface area contributed by atoms with Gasteiger partial charge in [0.05, 0.1) is 6.61 Å². The molecule has 0 radical (unpaired) electrons. The fraction of sp³-hybridized carbons (Fsp3) is 0.667. The predicted octanol–water partition coefficient (Wildman–Crippen LogP) is 3.71. The first-order chi connectivity index (χ1) is 10.1. The van der Waals surface area contributed by atoms with E-state index in [4.69, 9.17) is 15.2 Å². The number of benzene rings is 1. The molecule has 2 N–H and O–H groups in total. The standard InChI is InChI=1S/C18H29NO2/c1-14(2)15-8-10-18(19,11-9-15)16-6-4-5-7-17(16)21-13-12-20-3/h4-7,14-15H,8-13,19H2,1-3H3. The first kappa shape index (κ1) is 16.3. The zero-order valence-electron chi connectivity index (χ0n) is 13.6. The van der Waals surface area contributed by atoms with Gasteiger partial charge in [-0.3, -0.25) is 0 Å². The molecular formula is C18H29NO2. The average molecular weight is 291 g/mol. The average Bonchev–Trinajstić information content (AvgIpc) is 2.48. The van der Waals surface area contributed by atoms with Crippen molar-refractivity contribution in [1.29, 1.82) is 0 Å². The number of rotatable bonds is 6. The molecule has 0 spiro atoms. The van der Waals surface area contributed by atoms with Crippen molar-refractivity contribution in [2.24, 2.45) is 17.6 Å². The second-order valence-corrected chi connectivity index (χ2v) is 6.58. The SMILES string of the molecule is COCCOc1ccccc1C1(N)CCC(C(C)C)CC1. The van der Waals surface area contributed by atoms with Crippen LogP contribution in [-0.2, 0) is 10.3 Å². The Morgan fingerprint density at radius 3 is 2.48 bits per heavy atom. The van der Waals surface area contributed by atoms with E-state index in [-0.39, 0.29) is 5.54 Å². The molecule has 0 atom stereocenters. The Balaban J connectivity index is 2.10. The lowest BCUT2D eigenvalue weighted by Crippen LogP contribution is -2.41. The van der Waals surface area contributed by atoms with Crippen LogP contribution in [0.5, 0.6) is 5.75 Å². The molecule has 1 fully saturated rings. The maximum Gasteiger partial charge on any atom is 0.124 e. The minimum Gasteiger partial charge on any atom is -0.491 e. The van der Waals surface area contributed by atoms with Crippen molar-refractivity contribution >= 4 is 0 Å². The molecule has 0 aromatic heterocycles. The van der Waals surface area contributed by atoms with Gasteiger partial charge >= 0.3 is 0 Å². The Bertz CT molecular complexity index is 437. The molecule has 1 aliphatic rings. The number of hydrogen-bond donors (Lipinski definition) is 1. The van der Waals surface area contributed by atoms with Gasteiger partial charge in [-0.2, -0.15) is 0 Å². The maximum atomic E-state index is 6.74. The van der Waals surface area contributed by atoms with E-state index in [0.717, 1.165) is 36.0 Å². The monoisotopic (exact) mass is 291 g/mol. The second kappa shape index (κ2) is 7.28. The van der Waals surface area contributed by atoms with Crippen molar-refractivity contribution in [1.82, 2.24) is 0 Å². The van der Waals surface area contributed by atoms with Crippen LogP contribution in [-0.4, -0.2) is 20.3 Å². The third-order valence-electron chi connectivity index (χ3n) is 4.83. The zero-order chi connectivity index (χ0) is 15.3. The van der Waals surface area contributed by atoms with Gasteiger partial charge in [-0.25, -0.2) is 0 Å². The van der Waals surface area contributed by atoms with Gasteiger partial charge in [0.15, 0.2) is 0 Å². The zero-order valence-corrected chi connectivity index (χ0v) is 13.6. The Morgan fingerprint density at radius 2 is 1.86 bits per heavy atom. The predicted molar refractivity (Wildman–Crippen MR) is 86.5 cm³/mol. The lowest BCUT2D eigenvalue weighted by Gasteiger charge is -2.39. The van der Waals surface area contributed by atoms with Crippen molar-refractivity contribution in [3.63, 3.8) is 0 Å². The van der Waals surface area contributed by atoms with E-state index in [9.17, 15) is 0 Å². The summed E-state index contributed by atoms with van der Waals surface area (Å²) in [4.78, 5) is 0. The van der Waals surface area contributed by atoms with Gasteiger partial charge in [-0.1, -0.05) is 32.0 Å². The normalized spacial score (nSPS) is 26.0. The summed E-state index contributed by atoms with van der Waals surface area (Å²) < 4.78 is 10.9. The van der Waals surface area contributed by atoms with Crippen LogP contribution in [0.1, 0.15) is 45.1 Å². The molecule has 0 saturated heterocycles. The molecule has 0 amide bonds. The molecule has 2 rings (SSSR count). The van der Waals surface area contributed by atoms with Crippen LogP contribution < -0.4 is 10.5 Å². The number of nitrogens with two attached hydrogens (primary N) is 1. The molecule has 0 bridgehead atoms. The van der Waals surface area contributed by atoms with E-state index >= 15 is 0 Å². The van der Waals surface area contributed by atoms with Gasteiger partial charge in [0.25, 0.3) is 0 Å². The van der Waals surface area contributed by atoms with Gasteiger partial charge in [0.1, 0.15) is 12.4 Å². The highest BCUT2D eigenvalue weighted by Gasteiger charge is 2.35. The van der Waals surface area contributed by atoms with E-state index in [1.807, 2.05) is 12.1 Å². The smallest absolute Gasteiger partial charge is 0.124 e. The van der Waals surface area contributed by atoms with Crippen molar-refractivity contribution in [3.8, 4) is 5.75 Å². The molecule has 1 aromatic rings. The van der Waals surface area contributed by atoms with Gasteiger partial charge in [0.2, 0.25) is 0 Å². The molecule has 118 valence electrons. The number of ether oxygens (including phenoxy) is 2. The highest BCUT2D eigenvalue weighted by atomic mass is 16.5. The minimum atomic E-state index is -0.241. The first-order valence-electron chi connectivity index (χ1n) is 8.07. The topological polar surface area (TPSA) is 44.5 Å². The molecule has 1 aromatic carbocycles. The van der Waals surface area contributed by atoms with Gasteiger partial charge in [-0.05, 0) is 43.6 Å². The van der Waals surface area contributed by atoms with Crippen LogP contribution in [0.2, 0.25) is 0 Å². The lowest BCUT2D eigenvalue weighted by molar-refractivity contribution is 0.142. The highest BCUT2D eigenvalue weighted by Crippen LogP contribution is 2.42. The van der Waals surface area contributed by atoms with Crippen LogP contribution in [0, 0.1) is 11.8 Å². The Kier molecular flexibility index (Phi) is 5.65. The summed E-state index contributed by atoms with van der Waals surface area (Å²) in [5.74, 6) is 2.48. The third-order valence-corrected chi connectivity index (χ3v) is 4.83. The Labute approximate surface area is 128 Å². The van der Waals surface area contributed by atoms with E-state index in [0.29, 0.717) is 13.2 Å². The van der Waals surface area contributed by atoms with Crippen molar-refractivity contribution in [3.05, 3.63) is 29.8 Å². The van der Waals surface area contributed by atoms with Crippen molar-refractivity contribution in [2.75, 3.05) is 20.3 Å². The molecule has 0 aliphatic heterocycles. The summed E-state index contributed by atoms with van der Waals surface area (Å²) in [5.41, 5.74) is 7.65. The van der Waals surface area contributed by atoms with Gasteiger partial charge < -0.3 is 15.2 Å². The minimum absolute atomic E-state index is 0.241. The molecule has 3 heteroatoms. The molecule has 0 unspecified atom stereocenters. The highest BCUT2D eigenvalue weighted by molar-refractivity contribution is 5.39. The summed E-state index contributed by atoms with van der Waals surface area (Å²) in [7, 11) is 1.69. The maximum absolute atomic E-state index is 6.74. The first-order valence-corrected chi connectivity index (χ1v) is 8.07. The summed E-state index contributed by atoms with van der Waals surface area (Å²) in [6.07, 6.45) is 4.50. The van der Waals surface area contributed by atoms with Gasteiger partial charge in [-0.15, -0.1) is 0 Å². The van der Waals surface area contributed by atoms with Crippen LogP contribution in [0.25, 0.3) is 0 Å². The fourth-order valence-electron chi connectivity index (χ4n) is 3.33. The van der Waals surface area contributed by atoms with Crippen LogP contribution in [0.3, 0.4) is 0 Å². The van der Waals surface area contributed by atoms with Crippen molar-refractivity contribution < 1.29 is 9.47 Å². The third kappa shape index (κ3) is 3.98. The van der Waals surface area contributed by atoms with E-state index in [1.165, 1.54) is 12.8 Å². The summed E-state index contributed by atoms with van der Waals surface area (Å²) in [6, 6.07) is 8.21. The summed E-state index contributed by atoms with van der Waals surface area (Å²) in [5, 5.41) is 0. The lowest BCUT2D eigenvalue weighted by atomic mass is 9.70. The van der Waals surface area contributed by atoms with Gasteiger partial charge in [0, 0.05) is 18.2 Å². The molecule has 1 aliphatic carbocycles. The van der Waals surface area contributed by atoms with Crippen LogP contribution in [0.4, 0.5) is 0 Å². The second-order valence-electron chi connectivity index (χ2n) is 6.58. The number of para-hydroxylation sites is 1. The molecule has 1 saturated carbocycles. The number of methoxy groups -OCH3 is 1. The fourth-order valence-corrected chi connectivity index (χ4v) is 3.33. The van der Waals surface area contributed by atoms with Crippen LogP contribution >= 0.6 is 0 Å². The Morgan fingerprint density at radius 1 is 1.19 bits per heavy atom. The van der Waals surface area contributed by atoms with Crippen LogP contribution in [0.15, 0.2) is 24.3 Å². The largest absolute Gasteiger partial charge is 0.491 e. The van der Waals surface area contributed by atoms with E-state index < -0.39 is 0 Å². The molecular weight excluding hydrogens is 262 g/mol. The molecule has 0 heterocycles. The molecule has 21 heavy (non-hydrogen) atoms.